The van der Waals surface area contributed by atoms with Crippen LogP contribution in [0.1, 0.15) is 16.0 Å². The van der Waals surface area contributed by atoms with E-state index in [4.69, 9.17) is 11.6 Å². The number of thiazole rings is 1. The molecule has 2 rings (SSSR count). The molecule has 3 heteroatoms. The van der Waals surface area contributed by atoms with Gasteiger partial charge in [-0.1, -0.05) is 12.1 Å². The molecule has 0 aliphatic rings. The van der Waals surface area contributed by atoms with Crippen LogP contribution in [0.3, 0.4) is 0 Å². The van der Waals surface area contributed by atoms with Crippen LogP contribution in [0.2, 0.25) is 0 Å². The highest BCUT2D eigenvalue weighted by molar-refractivity contribution is 7.10. The summed E-state index contributed by atoms with van der Waals surface area (Å²) in [4.78, 5) is 5.71. The molecule has 0 bridgehead atoms. The SMILES string of the molecule is Cc1ccc(-c2ncsc2CCCl)cc1C. The van der Waals surface area contributed by atoms with Gasteiger partial charge < -0.3 is 0 Å². The Kier molecular flexibility index (Phi) is 3.62. The second-order valence-corrected chi connectivity index (χ2v) is 5.18. The highest BCUT2D eigenvalue weighted by atomic mass is 35.5. The van der Waals surface area contributed by atoms with Gasteiger partial charge in [0.05, 0.1) is 11.2 Å². The number of aryl methyl sites for hydroxylation is 3. The third-order valence-electron chi connectivity index (χ3n) is 2.74. The number of hydrogen-bond acceptors (Lipinski definition) is 2. The van der Waals surface area contributed by atoms with Gasteiger partial charge in [0.15, 0.2) is 0 Å². The fourth-order valence-electron chi connectivity index (χ4n) is 1.66. The summed E-state index contributed by atoms with van der Waals surface area (Å²) in [5.41, 5.74) is 6.81. The van der Waals surface area contributed by atoms with E-state index < -0.39 is 0 Å². The lowest BCUT2D eigenvalue weighted by molar-refractivity contribution is 1.18. The van der Waals surface area contributed by atoms with Crippen molar-refractivity contribution in [2.45, 2.75) is 20.3 Å². The molecule has 0 spiro atoms. The minimum absolute atomic E-state index is 0.653. The van der Waals surface area contributed by atoms with Gasteiger partial charge in [-0.05, 0) is 37.5 Å². The number of halogens is 1. The number of nitrogens with zero attached hydrogens (tertiary/aromatic N) is 1. The number of hydrogen-bond donors (Lipinski definition) is 0. The fourth-order valence-corrected chi connectivity index (χ4v) is 2.75. The van der Waals surface area contributed by atoms with Gasteiger partial charge in [-0.3, -0.25) is 0 Å². The molecule has 0 fully saturated rings. The number of rotatable bonds is 3. The minimum atomic E-state index is 0.653. The van der Waals surface area contributed by atoms with Gasteiger partial charge in [0.2, 0.25) is 0 Å². The van der Waals surface area contributed by atoms with E-state index in [1.165, 1.54) is 21.6 Å². The molecule has 0 atom stereocenters. The van der Waals surface area contributed by atoms with Gasteiger partial charge in [0, 0.05) is 16.3 Å². The Bertz CT molecular complexity index is 490. The van der Waals surface area contributed by atoms with Crippen LogP contribution in [0, 0.1) is 13.8 Å². The Hall–Kier alpha value is -0.860. The molecule has 16 heavy (non-hydrogen) atoms. The van der Waals surface area contributed by atoms with E-state index >= 15 is 0 Å². The first-order chi connectivity index (χ1) is 7.72. The zero-order valence-electron chi connectivity index (χ0n) is 9.46. The normalized spacial score (nSPS) is 10.7. The molecule has 1 heterocycles. The van der Waals surface area contributed by atoms with Crippen LogP contribution >= 0.6 is 22.9 Å². The van der Waals surface area contributed by atoms with Crippen LogP contribution < -0.4 is 0 Å². The number of aromatic nitrogens is 1. The van der Waals surface area contributed by atoms with E-state index in [0.29, 0.717) is 5.88 Å². The van der Waals surface area contributed by atoms with Crippen molar-refractivity contribution in [3.8, 4) is 11.3 Å². The van der Waals surface area contributed by atoms with Crippen molar-refractivity contribution in [3.63, 3.8) is 0 Å². The standard InChI is InChI=1S/C13H14ClNS/c1-9-3-4-11(7-10(9)2)13-12(5-6-14)16-8-15-13/h3-4,7-8H,5-6H2,1-2H3. The lowest BCUT2D eigenvalue weighted by atomic mass is 10.0. The molecule has 0 saturated heterocycles. The molecular weight excluding hydrogens is 238 g/mol. The summed E-state index contributed by atoms with van der Waals surface area (Å²) in [6, 6.07) is 6.48. The second kappa shape index (κ2) is 4.98. The summed E-state index contributed by atoms with van der Waals surface area (Å²) in [5.74, 6) is 0.653. The number of benzene rings is 1. The fraction of sp³-hybridized carbons (Fsp3) is 0.308. The summed E-state index contributed by atoms with van der Waals surface area (Å²) in [5, 5.41) is 0. The molecule has 84 valence electrons. The van der Waals surface area contributed by atoms with E-state index in [1.807, 2.05) is 5.51 Å². The molecule has 0 aliphatic heterocycles. The maximum absolute atomic E-state index is 5.79. The van der Waals surface area contributed by atoms with Crippen LogP contribution in [0.5, 0.6) is 0 Å². The van der Waals surface area contributed by atoms with Crippen molar-refractivity contribution < 1.29 is 0 Å². The first-order valence-corrected chi connectivity index (χ1v) is 6.69. The molecule has 2 aromatic rings. The monoisotopic (exact) mass is 251 g/mol. The predicted molar refractivity (Wildman–Crippen MR) is 71.4 cm³/mol. The Morgan fingerprint density at radius 2 is 2.06 bits per heavy atom. The van der Waals surface area contributed by atoms with Crippen molar-refractivity contribution in [1.29, 1.82) is 0 Å². The van der Waals surface area contributed by atoms with Gasteiger partial charge in [-0.15, -0.1) is 22.9 Å². The van der Waals surface area contributed by atoms with Crippen LogP contribution in [0.15, 0.2) is 23.7 Å². The highest BCUT2D eigenvalue weighted by Gasteiger charge is 2.08. The molecule has 0 aliphatic carbocycles. The Morgan fingerprint density at radius 1 is 1.25 bits per heavy atom. The number of alkyl halides is 1. The summed E-state index contributed by atoms with van der Waals surface area (Å²) < 4.78 is 0. The molecule has 0 saturated carbocycles. The molecule has 0 radical (unpaired) electrons. The molecule has 0 N–H and O–H groups in total. The first kappa shape index (κ1) is 11.6. The van der Waals surface area contributed by atoms with Crippen LogP contribution in [-0.2, 0) is 6.42 Å². The zero-order chi connectivity index (χ0) is 11.5. The van der Waals surface area contributed by atoms with Crippen LogP contribution in [-0.4, -0.2) is 10.9 Å². The molecule has 0 unspecified atom stereocenters. The lowest BCUT2D eigenvalue weighted by Gasteiger charge is -2.04. The lowest BCUT2D eigenvalue weighted by Crippen LogP contribution is -1.89. The summed E-state index contributed by atoms with van der Waals surface area (Å²) in [6.45, 7) is 4.26. The third kappa shape index (κ3) is 2.28. The average molecular weight is 252 g/mol. The van der Waals surface area contributed by atoms with Crippen molar-refractivity contribution in [1.82, 2.24) is 4.98 Å². The van der Waals surface area contributed by atoms with E-state index in [0.717, 1.165) is 12.1 Å². The molecule has 1 nitrogen and oxygen atoms in total. The summed E-state index contributed by atoms with van der Waals surface area (Å²) in [6.07, 6.45) is 0.897. The van der Waals surface area contributed by atoms with E-state index in [-0.39, 0.29) is 0 Å². The van der Waals surface area contributed by atoms with Crippen LogP contribution in [0.25, 0.3) is 11.3 Å². The van der Waals surface area contributed by atoms with Gasteiger partial charge in [-0.25, -0.2) is 4.98 Å². The predicted octanol–water partition coefficient (Wildman–Crippen LogP) is 4.21. The van der Waals surface area contributed by atoms with Gasteiger partial charge in [-0.2, -0.15) is 0 Å². The molecule has 1 aromatic heterocycles. The quantitative estimate of drug-likeness (QED) is 0.745. The Labute approximate surface area is 105 Å². The summed E-state index contributed by atoms with van der Waals surface area (Å²) in [7, 11) is 0. The topological polar surface area (TPSA) is 12.9 Å². The average Bonchev–Trinajstić information content (AvgIpc) is 2.71. The first-order valence-electron chi connectivity index (χ1n) is 5.28. The van der Waals surface area contributed by atoms with Crippen molar-refractivity contribution in [2.24, 2.45) is 0 Å². The molecule has 1 aromatic carbocycles. The van der Waals surface area contributed by atoms with Gasteiger partial charge >= 0.3 is 0 Å². The maximum Gasteiger partial charge on any atom is 0.0843 e. The maximum atomic E-state index is 5.79. The molecular formula is C13H14ClNS. The molecule has 0 amide bonds. The largest absolute Gasteiger partial charge is 0.244 e. The van der Waals surface area contributed by atoms with Gasteiger partial charge in [0.1, 0.15) is 0 Å². The van der Waals surface area contributed by atoms with Crippen LogP contribution in [0.4, 0.5) is 0 Å². The minimum Gasteiger partial charge on any atom is -0.244 e. The second-order valence-electron chi connectivity index (χ2n) is 3.86. The Morgan fingerprint density at radius 3 is 2.75 bits per heavy atom. The van der Waals surface area contributed by atoms with E-state index in [1.54, 1.807) is 11.3 Å². The smallest absolute Gasteiger partial charge is 0.0843 e. The van der Waals surface area contributed by atoms with Crippen molar-refractivity contribution >= 4 is 22.9 Å². The van der Waals surface area contributed by atoms with Crippen molar-refractivity contribution in [3.05, 3.63) is 39.7 Å². The van der Waals surface area contributed by atoms with E-state index in [9.17, 15) is 0 Å². The highest BCUT2D eigenvalue weighted by Crippen LogP contribution is 2.27. The summed E-state index contributed by atoms with van der Waals surface area (Å²) >= 11 is 7.47. The van der Waals surface area contributed by atoms with E-state index in [2.05, 4.69) is 37.0 Å². The van der Waals surface area contributed by atoms with Gasteiger partial charge in [0.25, 0.3) is 0 Å². The zero-order valence-corrected chi connectivity index (χ0v) is 11.0. The van der Waals surface area contributed by atoms with Crippen molar-refractivity contribution in [2.75, 3.05) is 5.88 Å². The third-order valence-corrected chi connectivity index (χ3v) is 3.82. The Balaban J connectivity index is 2.42.